The smallest absolute Gasteiger partial charge is 0.241 e. The summed E-state index contributed by atoms with van der Waals surface area (Å²) >= 11 is 0. The van der Waals surface area contributed by atoms with Crippen LogP contribution in [-0.2, 0) is 15.6 Å². The van der Waals surface area contributed by atoms with Crippen molar-refractivity contribution in [2.45, 2.75) is 59.3 Å². The van der Waals surface area contributed by atoms with Crippen LogP contribution in [-0.4, -0.2) is 45.3 Å². The molecule has 0 bridgehead atoms. The molecule has 4 nitrogen and oxygen atoms in total. The summed E-state index contributed by atoms with van der Waals surface area (Å²) in [6, 6.07) is -0.0597. The highest BCUT2D eigenvalue weighted by Gasteiger charge is 2.42. The molecular formula is C14H28N2O2S. The van der Waals surface area contributed by atoms with Gasteiger partial charge >= 0.3 is 0 Å². The van der Waals surface area contributed by atoms with E-state index >= 15 is 0 Å². The maximum Gasteiger partial charge on any atom is 0.241 e. The molecule has 1 amide bonds. The number of rotatable bonds is 6. The van der Waals surface area contributed by atoms with E-state index in [0.717, 1.165) is 6.42 Å². The molecule has 1 aliphatic rings. The molecule has 1 N–H and O–H groups in total. The minimum absolute atomic E-state index is 0.0235. The van der Waals surface area contributed by atoms with Crippen LogP contribution in [0, 0.1) is 11.8 Å². The van der Waals surface area contributed by atoms with Gasteiger partial charge in [0.2, 0.25) is 5.91 Å². The molecule has 1 fully saturated rings. The number of amides is 1. The van der Waals surface area contributed by atoms with E-state index in [4.69, 9.17) is 0 Å². The second-order valence-corrected chi connectivity index (χ2v) is 7.85. The van der Waals surface area contributed by atoms with Crippen molar-refractivity contribution in [1.82, 2.24) is 10.2 Å². The van der Waals surface area contributed by atoms with Gasteiger partial charge in [-0.05, 0) is 25.2 Å². The van der Waals surface area contributed by atoms with E-state index in [0.29, 0.717) is 17.6 Å². The van der Waals surface area contributed by atoms with Crippen LogP contribution in [0.2, 0.25) is 0 Å². The molecule has 0 aromatic rings. The lowest BCUT2D eigenvalue weighted by atomic mass is 10.0. The Morgan fingerprint density at radius 2 is 1.84 bits per heavy atom. The van der Waals surface area contributed by atoms with E-state index in [-0.39, 0.29) is 24.2 Å². The monoisotopic (exact) mass is 288 g/mol. The summed E-state index contributed by atoms with van der Waals surface area (Å²) < 4.78 is 11.4. The van der Waals surface area contributed by atoms with E-state index < -0.39 is 10.8 Å². The van der Waals surface area contributed by atoms with Crippen molar-refractivity contribution in [3.8, 4) is 0 Å². The Morgan fingerprint density at radius 1 is 1.26 bits per heavy atom. The second kappa shape index (κ2) is 6.84. The van der Waals surface area contributed by atoms with Crippen LogP contribution in [0.1, 0.15) is 41.0 Å². The standard InChI is InChI=1S/C14H28N2O2S/c1-9(2)7-12-14(17)16(11(5)8-19(6)18)13(15-12)10(3)4/h9-13,15H,7-8H2,1-6H3. The van der Waals surface area contributed by atoms with Gasteiger partial charge in [0.25, 0.3) is 0 Å². The number of nitrogens with one attached hydrogen (secondary N) is 1. The molecule has 0 saturated carbocycles. The molecule has 0 spiro atoms. The van der Waals surface area contributed by atoms with E-state index in [1.807, 2.05) is 11.8 Å². The average molecular weight is 288 g/mol. The molecule has 5 heteroatoms. The highest BCUT2D eigenvalue weighted by atomic mass is 32.2. The van der Waals surface area contributed by atoms with Crippen molar-refractivity contribution in [2.24, 2.45) is 11.8 Å². The third-order valence-electron chi connectivity index (χ3n) is 3.51. The maximum atomic E-state index is 12.5. The zero-order chi connectivity index (χ0) is 14.7. The first-order valence-electron chi connectivity index (χ1n) is 7.12. The van der Waals surface area contributed by atoms with Gasteiger partial charge in [-0.15, -0.1) is 0 Å². The van der Waals surface area contributed by atoms with Gasteiger partial charge in [-0.25, -0.2) is 0 Å². The van der Waals surface area contributed by atoms with E-state index in [2.05, 4.69) is 33.0 Å². The van der Waals surface area contributed by atoms with Crippen molar-refractivity contribution in [2.75, 3.05) is 12.0 Å². The fourth-order valence-corrected chi connectivity index (χ4v) is 3.58. The van der Waals surface area contributed by atoms with Crippen molar-refractivity contribution in [3.63, 3.8) is 0 Å². The van der Waals surface area contributed by atoms with Crippen molar-refractivity contribution >= 4 is 16.7 Å². The van der Waals surface area contributed by atoms with Crippen LogP contribution in [0.4, 0.5) is 0 Å². The van der Waals surface area contributed by atoms with Gasteiger partial charge in [0.1, 0.15) is 0 Å². The molecule has 1 saturated heterocycles. The highest BCUT2D eigenvalue weighted by molar-refractivity contribution is 7.84. The summed E-state index contributed by atoms with van der Waals surface area (Å²) in [5.41, 5.74) is 0. The highest BCUT2D eigenvalue weighted by Crippen LogP contribution is 2.24. The summed E-state index contributed by atoms with van der Waals surface area (Å²) in [4.78, 5) is 14.5. The third kappa shape index (κ3) is 4.28. The lowest BCUT2D eigenvalue weighted by Crippen LogP contribution is -2.48. The third-order valence-corrected chi connectivity index (χ3v) is 4.47. The van der Waals surface area contributed by atoms with Gasteiger partial charge in [0.15, 0.2) is 0 Å². The van der Waals surface area contributed by atoms with Crippen LogP contribution in [0.3, 0.4) is 0 Å². The summed E-state index contributed by atoms with van der Waals surface area (Å²) in [5.74, 6) is 1.56. The fraction of sp³-hybridized carbons (Fsp3) is 0.929. The van der Waals surface area contributed by atoms with Gasteiger partial charge in [-0.1, -0.05) is 27.7 Å². The molecule has 4 unspecified atom stereocenters. The summed E-state index contributed by atoms with van der Waals surface area (Å²) in [6.45, 7) is 10.5. The first-order chi connectivity index (χ1) is 8.73. The van der Waals surface area contributed by atoms with Gasteiger partial charge in [-0.3, -0.25) is 14.3 Å². The van der Waals surface area contributed by atoms with E-state index in [1.54, 1.807) is 6.26 Å². The molecule has 1 rings (SSSR count). The Balaban J connectivity index is 2.85. The Hall–Kier alpha value is -0.420. The largest absolute Gasteiger partial charge is 0.322 e. The van der Waals surface area contributed by atoms with Crippen molar-refractivity contribution < 1.29 is 9.00 Å². The lowest BCUT2D eigenvalue weighted by Gasteiger charge is -2.32. The Labute approximate surface area is 119 Å². The quantitative estimate of drug-likeness (QED) is 0.807. The predicted molar refractivity (Wildman–Crippen MR) is 80.2 cm³/mol. The van der Waals surface area contributed by atoms with Crippen molar-refractivity contribution in [3.05, 3.63) is 0 Å². The first-order valence-corrected chi connectivity index (χ1v) is 8.85. The summed E-state index contributed by atoms with van der Waals surface area (Å²) in [7, 11) is -0.878. The number of carbonyl (C=O) groups is 1. The lowest BCUT2D eigenvalue weighted by molar-refractivity contribution is -0.132. The van der Waals surface area contributed by atoms with Crippen molar-refractivity contribution in [1.29, 1.82) is 0 Å². The molecular weight excluding hydrogens is 260 g/mol. The Morgan fingerprint density at radius 3 is 2.26 bits per heavy atom. The minimum atomic E-state index is -0.878. The molecule has 0 aromatic carbocycles. The van der Waals surface area contributed by atoms with Crippen LogP contribution in [0.5, 0.6) is 0 Å². The Bertz CT molecular complexity index is 344. The van der Waals surface area contributed by atoms with Crippen LogP contribution < -0.4 is 5.32 Å². The van der Waals surface area contributed by atoms with Gasteiger partial charge in [0.05, 0.1) is 12.2 Å². The van der Waals surface area contributed by atoms with Crippen LogP contribution in [0.15, 0.2) is 0 Å². The Kier molecular flexibility index (Phi) is 5.99. The topological polar surface area (TPSA) is 49.4 Å². The second-order valence-electron chi connectivity index (χ2n) is 6.37. The number of hydrogen-bond donors (Lipinski definition) is 1. The van der Waals surface area contributed by atoms with Gasteiger partial charge in [-0.2, -0.15) is 0 Å². The molecule has 112 valence electrons. The maximum absolute atomic E-state index is 12.5. The zero-order valence-corrected chi connectivity index (χ0v) is 13.8. The average Bonchev–Trinajstić information content (AvgIpc) is 2.54. The summed E-state index contributed by atoms with van der Waals surface area (Å²) in [5, 5.41) is 3.45. The fourth-order valence-electron chi connectivity index (χ4n) is 2.74. The van der Waals surface area contributed by atoms with E-state index in [1.165, 1.54) is 0 Å². The van der Waals surface area contributed by atoms with Crippen LogP contribution >= 0.6 is 0 Å². The van der Waals surface area contributed by atoms with Gasteiger partial charge < -0.3 is 4.90 Å². The molecule has 1 heterocycles. The van der Waals surface area contributed by atoms with E-state index in [9.17, 15) is 9.00 Å². The van der Waals surface area contributed by atoms with Crippen LogP contribution in [0.25, 0.3) is 0 Å². The summed E-state index contributed by atoms with van der Waals surface area (Å²) in [6.07, 6.45) is 2.62. The van der Waals surface area contributed by atoms with Gasteiger partial charge in [0, 0.05) is 28.9 Å². The SMILES string of the molecule is CC(C)CC1NC(C(C)C)N(C(C)CS(C)=O)C1=O. The predicted octanol–water partition coefficient (Wildman–Crippen LogP) is 1.58. The molecule has 19 heavy (non-hydrogen) atoms. The molecule has 0 radical (unpaired) electrons. The molecule has 0 aromatic heterocycles. The minimum Gasteiger partial charge on any atom is -0.322 e. The molecule has 0 aliphatic carbocycles. The number of nitrogens with zero attached hydrogens (tertiary/aromatic N) is 1. The molecule has 4 atom stereocenters. The normalized spacial score (nSPS) is 27.4. The number of carbonyl (C=O) groups excluding carboxylic acids is 1. The first kappa shape index (κ1) is 16.6. The molecule has 1 aliphatic heterocycles. The number of hydrogen-bond acceptors (Lipinski definition) is 3. The zero-order valence-electron chi connectivity index (χ0n) is 13.0.